The Morgan fingerprint density at radius 2 is 1.93 bits per heavy atom. The van der Waals surface area contributed by atoms with Gasteiger partial charge in [0.05, 0.1) is 19.8 Å². The minimum absolute atomic E-state index is 0.117. The summed E-state index contributed by atoms with van der Waals surface area (Å²) in [6.07, 6.45) is 3.32. The van der Waals surface area contributed by atoms with Gasteiger partial charge in [-0.15, -0.1) is 0 Å². The summed E-state index contributed by atoms with van der Waals surface area (Å²) in [6.45, 7) is 6.85. The third-order valence-corrected chi connectivity index (χ3v) is 4.42. The van der Waals surface area contributed by atoms with Gasteiger partial charge in [-0.3, -0.25) is 0 Å². The summed E-state index contributed by atoms with van der Waals surface area (Å²) in [4.78, 5) is 4.55. The van der Waals surface area contributed by atoms with Gasteiger partial charge in [-0.2, -0.15) is 0 Å². The lowest BCUT2D eigenvalue weighted by Gasteiger charge is -2.11. The van der Waals surface area contributed by atoms with Crippen LogP contribution in [0.25, 0.3) is 0 Å². The first kappa shape index (κ1) is 19.3. The van der Waals surface area contributed by atoms with Gasteiger partial charge in [0.2, 0.25) is 5.90 Å². The van der Waals surface area contributed by atoms with Crippen molar-refractivity contribution in [3.8, 4) is 5.75 Å². The number of hydrogen-bond donors (Lipinski definition) is 0. The smallest absolute Gasteiger partial charge is 0.216 e. The normalized spacial score (nSPS) is 15.8. The Balaban J connectivity index is 1.52. The molecule has 0 spiro atoms. The molecule has 1 aliphatic heterocycles. The fourth-order valence-corrected chi connectivity index (χ4v) is 2.85. The second kappa shape index (κ2) is 9.99. The number of benzene rings is 1. The summed E-state index contributed by atoms with van der Waals surface area (Å²) in [5.74, 6) is 1.41. The fraction of sp³-hybridized carbons (Fsp3) is 0.435. The Labute approximate surface area is 162 Å². The Morgan fingerprint density at radius 3 is 2.63 bits per heavy atom. The maximum atomic E-state index is 6.03. The van der Waals surface area contributed by atoms with E-state index in [2.05, 4.69) is 36.2 Å². The van der Waals surface area contributed by atoms with Crippen molar-refractivity contribution in [2.24, 2.45) is 4.99 Å². The van der Waals surface area contributed by atoms with E-state index in [1.165, 1.54) is 12.8 Å². The maximum absolute atomic E-state index is 6.03. The summed E-state index contributed by atoms with van der Waals surface area (Å²) in [6, 6.07) is 18.3. The lowest BCUT2D eigenvalue weighted by molar-refractivity contribution is 0.134. The maximum Gasteiger partial charge on any atom is 0.216 e. The molecule has 3 rings (SSSR count). The molecule has 4 nitrogen and oxygen atoms in total. The van der Waals surface area contributed by atoms with Crippen LogP contribution >= 0.6 is 0 Å². The molecule has 0 N–H and O–H groups in total. The zero-order valence-electron chi connectivity index (χ0n) is 16.2. The monoisotopic (exact) mass is 365 g/mol. The summed E-state index contributed by atoms with van der Waals surface area (Å²) < 4.78 is 17.1. The molecule has 0 amide bonds. The van der Waals surface area contributed by atoms with Crippen LogP contribution in [-0.4, -0.2) is 25.7 Å². The molecule has 1 heterocycles. The van der Waals surface area contributed by atoms with Crippen molar-refractivity contribution in [3.63, 3.8) is 0 Å². The molecule has 4 heteroatoms. The highest BCUT2D eigenvalue weighted by Crippen LogP contribution is 2.25. The summed E-state index contributed by atoms with van der Waals surface area (Å²) in [5, 5.41) is 0. The van der Waals surface area contributed by atoms with E-state index in [0.29, 0.717) is 19.0 Å². The molecular formula is C23H27NO3. The van der Waals surface area contributed by atoms with Crippen LogP contribution in [0.3, 0.4) is 0 Å². The van der Waals surface area contributed by atoms with Crippen molar-refractivity contribution < 1.29 is 14.2 Å². The fourth-order valence-electron chi connectivity index (χ4n) is 2.85. The van der Waals surface area contributed by atoms with Crippen LogP contribution in [-0.2, 0) is 16.1 Å². The third kappa shape index (κ3) is 5.48. The lowest BCUT2D eigenvalue weighted by Crippen LogP contribution is -2.06. The number of aliphatic imine (C=N–C) groups is 1. The van der Waals surface area contributed by atoms with Gasteiger partial charge >= 0.3 is 0 Å². The Hall–Kier alpha value is -2.51. The molecule has 27 heavy (non-hydrogen) atoms. The van der Waals surface area contributed by atoms with Crippen LogP contribution in [0.4, 0.5) is 0 Å². The van der Waals surface area contributed by atoms with Crippen molar-refractivity contribution in [3.05, 3.63) is 65.2 Å². The molecule has 1 aliphatic rings. The second-order valence-corrected chi connectivity index (χ2v) is 6.54. The van der Waals surface area contributed by atoms with Crippen molar-refractivity contribution in [1.29, 1.82) is 0 Å². The largest absolute Gasteiger partial charge is 0.485 e. The predicted octanol–water partition coefficient (Wildman–Crippen LogP) is 4.91. The number of hydrogen-bond acceptors (Lipinski definition) is 4. The van der Waals surface area contributed by atoms with Crippen molar-refractivity contribution in [2.45, 2.75) is 45.8 Å². The van der Waals surface area contributed by atoms with Crippen LogP contribution in [0.5, 0.6) is 5.75 Å². The first-order valence-electron chi connectivity index (χ1n) is 9.75. The van der Waals surface area contributed by atoms with Gasteiger partial charge in [0.25, 0.3) is 0 Å². The van der Waals surface area contributed by atoms with Crippen LogP contribution < -0.4 is 4.74 Å². The third-order valence-electron chi connectivity index (χ3n) is 4.42. The minimum atomic E-state index is -0.117. The van der Waals surface area contributed by atoms with E-state index in [9.17, 15) is 0 Å². The molecule has 0 radical (unpaired) electrons. The lowest BCUT2D eigenvalue weighted by atomic mass is 10.1. The van der Waals surface area contributed by atoms with E-state index in [1.807, 2.05) is 31.2 Å². The highest BCUT2D eigenvalue weighted by Gasteiger charge is 2.22. The minimum Gasteiger partial charge on any atom is -0.485 e. The molecule has 1 unspecified atom stereocenters. The van der Waals surface area contributed by atoms with Crippen LogP contribution in [0.1, 0.15) is 55.9 Å². The van der Waals surface area contributed by atoms with Crippen molar-refractivity contribution in [1.82, 2.24) is 0 Å². The average molecular weight is 365 g/mol. The van der Waals surface area contributed by atoms with Gasteiger partial charge in [-0.05, 0) is 49.2 Å². The van der Waals surface area contributed by atoms with Crippen molar-refractivity contribution in [2.75, 3.05) is 19.8 Å². The summed E-state index contributed by atoms with van der Waals surface area (Å²) >= 11 is 0. The van der Waals surface area contributed by atoms with Crippen LogP contribution in [0, 0.1) is 12.1 Å². The molecule has 142 valence electrons. The van der Waals surface area contributed by atoms with Gasteiger partial charge in [-0.25, -0.2) is 4.99 Å². The first-order valence-corrected chi connectivity index (χ1v) is 9.75. The van der Waals surface area contributed by atoms with Gasteiger partial charge in [-0.1, -0.05) is 38.0 Å². The SMILES string of the molecule is CCCCCOc1c#cc(C2CN=C(c3ccc(COCC)cc3)O2)cc1. The van der Waals surface area contributed by atoms with Gasteiger partial charge < -0.3 is 14.2 Å². The molecule has 0 saturated carbocycles. The quantitative estimate of drug-likeness (QED) is 0.562. The highest BCUT2D eigenvalue weighted by molar-refractivity contribution is 5.95. The first-order chi connectivity index (χ1) is 13.3. The Kier molecular flexibility index (Phi) is 7.12. The van der Waals surface area contributed by atoms with Gasteiger partial charge in [0, 0.05) is 17.7 Å². The number of unbranched alkanes of at least 4 members (excludes halogenated alkanes) is 2. The van der Waals surface area contributed by atoms with E-state index in [0.717, 1.165) is 42.1 Å². The topological polar surface area (TPSA) is 40.0 Å². The van der Waals surface area contributed by atoms with E-state index < -0.39 is 0 Å². The molecule has 0 bridgehead atoms. The van der Waals surface area contributed by atoms with Crippen LogP contribution in [0.2, 0.25) is 0 Å². The number of ether oxygens (including phenoxy) is 3. The number of rotatable bonds is 10. The molecule has 2 aromatic rings. The van der Waals surface area contributed by atoms with E-state index in [-0.39, 0.29) is 6.10 Å². The molecule has 0 saturated heterocycles. The standard InChI is InChI=1S/C23H27NO3/c1-3-5-6-15-26-21-13-11-19(12-14-21)22-16-24-23(27-22)20-9-7-18(8-10-20)17-25-4-2/h7-11,13,22H,3-6,15-17H2,1-2H3. The zero-order valence-corrected chi connectivity index (χ0v) is 16.2. The van der Waals surface area contributed by atoms with E-state index in [4.69, 9.17) is 14.2 Å². The second-order valence-electron chi connectivity index (χ2n) is 6.54. The molecule has 1 atom stereocenters. The van der Waals surface area contributed by atoms with Gasteiger partial charge in [0.1, 0.15) is 0 Å². The highest BCUT2D eigenvalue weighted by atomic mass is 16.5. The summed E-state index contributed by atoms with van der Waals surface area (Å²) in [7, 11) is 0. The van der Waals surface area contributed by atoms with Gasteiger partial charge in [0.15, 0.2) is 11.9 Å². The van der Waals surface area contributed by atoms with Crippen LogP contribution in [0.15, 0.2) is 41.4 Å². The van der Waals surface area contributed by atoms with E-state index >= 15 is 0 Å². The Morgan fingerprint density at radius 1 is 1.07 bits per heavy atom. The molecule has 0 fully saturated rings. The Bertz CT molecular complexity index is 722. The predicted molar refractivity (Wildman–Crippen MR) is 106 cm³/mol. The number of nitrogens with zero attached hydrogens (tertiary/aromatic N) is 1. The molecular weight excluding hydrogens is 338 g/mol. The molecule has 0 aromatic heterocycles. The average Bonchev–Trinajstić information content (AvgIpc) is 3.21. The van der Waals surface area contributed by atoms with Crippen molar-refractivity contribution >= 4 is 5.90 Å². The van der Waals surface area contributed by atoms with E-state index in [1.54, 1.807) is 0 Å². The molecule has 0 aliphatic carbocycles. The summed E-state index contributed by atoms with van der Waals surface area (Å²) in [5.41, 5.74) is 3.08. The zero-order chi connectivity index (χ0) is 18.9. The molecule has 2 aromatic carbocycles.